The zero-order valence-electron chi connectivity index (χ0n) is 7.25. The van der Waals surface area contributed by atoms with Crippen LogP contribution in [0.25, 0.3) is 0 Å². The fourth-order valence-electron chi connectivity index (χ4n) is 0.956. The van der Waals surface area contributed by atoms with Gasteiger partial charge in [-0.15, -0.1) is 0 Å². The Morgan fingerprint density at radius 2 is 1.79 bits per heavy atom. The van der Waals surface area contributed by atoms with E-state index in [9.17, 15) is 17.2 Å². The molecule has 0 amide bonds. The van der Waals surface area contributed by atoms with Gasteiger partial charge < -0.3 is 4.55 Å². The van der Waals surface area contributed by atoms with Crippen LogP contribution in [0.4, 0.5) is 0 Å². The fraction of sp³-hybridized carbons (Fsp3) is 0.250. The summed E-state index contributed by atoms with van der Waals surface area (Å²) in [5, 5.41) is 0. The molecule has 0 radical (unpaired) electrons. The molecule has 1 aromatic rings. The summed E-state index contributed by atoms with van der Waals surface area (Å²) in [6.07, 6.45) is 0.219. The molecule has 1 aromatic carbocycles. The molecule has 0 aromatic heterocycles. The van der Waals surface area contributed by atoms with Crippen molar-refractivity contribution in [3.63, 3.8) is 0 Å². The molecule has 0 aliphatic carbocycles. The van der Waals surface area contributed by atoms with Crippen LogP contribution in [0.3, 0.4) is 0 Å². The summed E-state index contributed by atoms with van der Waals surface area (Å²) in [7, 11) is -7.01. The molecule has 1 rings (SSSR count). The first-order valence-corrected chi connectivity index (χ1v) is 7.13. The van der Waals surface area contributed by atoms with Crippen LogP contribution in [-0.4, -0.2) is 22.9 Å². The number of rotatable bonds is 4. The number of hydrogen-bond acceptors (Lipinski definition) is 4. The molecule has 1 atom stereocenters. The standard InChI is InChI=1S/C8H10O4S2/c9-13(10)14(11,12)7-6-8-4-2-1-3-5-8/h1-5H,6-7H2,(H,9,10)/p-1. The SMILES string of the molecule is O=S([O-])S(=O)(=O)CCc1ccccc1. The molecule has 0 saturated carbocycles. The highest BCUT2D eigenvalue weighted by molar-refractivity contribution is 8.61. The Bertz CT molecular complexity index is 410. The molecule has 0 aliphatic heterocycles. The minimum absolute atomic E-state index is 0.219. The van der Waals surface area contributed by atoms with Gasteiger partial charge >= 0.3 is 0 Å². The maximum Gasteiger partial charge on any atom is 0.217 e. The third-order valence-electron chi connectivity index (χ3n) is 1.69. The molecule has 4 nitrogen and oxygen atoms in total. The second-order valence-electron chi connectivity index (χ2n) is 2.70. The Morgan fingerprint density at radius 3 is 2.29 bits per heavy atom. The van der Waals surface area contributed by atoms with Crippen LogP contribution >= 0.6 is 0 Å². The molecule has 78 valence electrons. The minimum Gasteiger partial charge on any atom is -0.760 e. The topological polar surface area (TPSA) is 74.3 Å². The van der Waals surface area contributed by atoms with E-state index in [2.05, 4.69) is 0 Å². The maximum atomic E-state index is 10.9. The molecule has 0 bridgehead atoms. The van der Waals surface area contributed by atoms with Gasteiger partial charge in [0.1, 0.15) is 0 Å². The molecule has 0 fully saturated rings. The van der Waals surface area contributed by atoms with Crippen molar-refractivity contribution in [2.75, 3.05) is 5.75 Å². The van der Waals surface area contributed by atoms with Gasteiger partial charge in [-0.25, -0.2) is 8.42 Å². The molecule has 0 heterocycles. The molecule has 0 spiro atoms. The summed E-state index contributed by atoms with van der Waals surface area (Å²) >= 11 is 0. The minimum atomic E-state index is -3.98. The van der Waals surface area contributed by atoms with Crippen LogP contribution in [0.1, 0.15) is 5.56 Å². The largest absolute Gasteiger partial charge is 0.760 e. The average molecular weight is 233 g/mol. The van der Waals surface area contributed by atoms with Crippen LogP contribution in [0.15, 0.2) is 30.3 Å². The van der Waals surface area contributed by atoms with Crippen molar-refractivity contribution in [1.29, 1.82) is 0 Å². The van der Waals surface area contributed by atoms with Gasteiger partial charge in [0, 0.05) is 0 Å². The molecular formula is C8H9O4S2-. The lowest BCUT2D eigenvalue weighted by Gasteiger charge is -2.06. The van der Waals surface area contributed by atoms with Crippen LogP contribution in [0.5, 0.6) is 0 Å². The van der Waals surface area contributed by atoms with Crippen molar-refractivity contribution in [3.8, 4) is 0 Å². The van der Waals surface area contributed by atoms with Crippen LogP contribution in [0.2, 0.25) is 0 Å². The third kappa shape index (κ3) is 3.21. The molecule has 1 unspecified atom stereocenters. The molecule has 0 saturated heterocycles. The van der Waals surface area contributed by atoms with E-state index in [0.29, 0.717) is 0 Å². The maximum absolute atomic E-state index is 10.9. The number of hydrogen-bond donors (Lipinski definition) is 0. The van der Waals surface area contributed by atoms with Crippen molar-refractivity contribution in [3.05, 3.63) is 35.9 Å². The van der Waals surface area contributed by atoms with E-state index in [1.807, 2.05) is 6.07 Å². The van der Waals surface area contributed by atoms with E-state index in [1.165, 1.54) is 0 Å². The van der Waals surface area contributed by atoms with Gasteiger partial charge in [-0.05, 0) is 12.0 Å². The second kappa shape index (κ2) is 4.68. The zero-order valence-corrected chi connectivity index (χ0v) is 8.88. The summed E-state index contributed by atoms with van der Waals surface area (Å²) in [5.74, 6) is -0.368. The fourth-order valence-corrected chi connectivity index (χ4v) is 2.24. The van der Waals surface area contributed by atoms with E-state index < -0.39 is 19.0 Å². The first kappa shape index (κ1) is 11.4. The normalized spacial score (nSPS) is 13.8. The summed E-state index contributed by atoms with van der Waals surface area (Å²) < 4.78 is 42.3. The monoisotopic (exact) mass is 233 g/mol. The van der Waals surface area contributed by atoms with Crippen LogP contribution < -0.4 is 0 Å². The third-order valence-corrected chi connectivity index (χ3v) is 4.55. The van der Waals surface area contributed by atoms with Gasteiger partial charge in [-0.1, -0.05) is 30.3 Å². The number of aryl methyl sites for hydroxylation is 1. The molecular weight excluding hydrogens is 224 g/mol. The Kier molecular flexibility index (Phi) is 3.79. The van der Waals surface area contributed by atoms with Crippen LogP contribution in [-0.2, 0) is 25.4 Å². The lowest BCUT2D eigenvalue weighted by atomic mass is 10.2. The van der Waals surface area contributed by atoms with Gasteiger partial charge in [-0.2, -0.15) is 0 Å². The van der Waals surface area contributed by atoms with Crippen molar-refractivity contribution in [2.45, 2.75) is 6.42 Å². The van der Waals surface area contributed by atoms with E-state index >= 15 is 0 Å². The zero-order chi connectivity index (χ0) is 10.6. The molecule has 6 heteroatoms. The highest BCUT2D eigenvalue weighted by Gasteiger charge is 2.10. The van der Waals surface area contributed by atoms with Gasteiger partial charge in [0.25, 0.3) is 0 Å². The van der Waals surface area contributed by atoms with Gasteiger partial charge in [0.05, 0.1) is 15.9 Å². The predicted molar refractivity (Wildman–Crippen MR) is 52.9 cm³/mol. The summed E-state index contributed by atoms with van der Waals surface area (Å²) in [4.78, 5) is 0. The summed E-state index contributed by atoms with van der Waals surface area (Å²) in [6.45, 7) is 0. The molecule has 0 N–H and O–H groups in total. The van der Waals surface area contributed by atoms with E-state index in [-0.39, 0.29) is 12.2 Å². The molecule has 14 heavy (non-hydrogen) atoms. The van der Waals surface area contributed by atoms with Gasteiger partial charge in [0.15, 0.2) is 0 Å². The summed E-state index contributed by atoms with van der Waals surface area (Å²) in [5.41, 5.74) is 0.807. The Labute approximate surface area is 84.6 Å². The second-order valence-corrected chi connectivity index (χ2v) is 6.97. The molecule has 0 aliphatic rings. The van der Waals surface area contributed by atoms with Crippen LogP contribution in [0, 0.1) is 0 Å². The summed E-state index contributed by atoms with van der Waals surface area (Å²) in [6, 6.07) is 8.86. The highest BCUT2D eigenvalue weighted by atomic mass is 33.2. The van der Waals surface area contributed by atoms with E-state index in [0.717, 1.165) is 5.56 Å². The van der Waals surface area contributed by atoms with Crippen molar-refractivity contribution >= 4 is 19.0 Å². The predicted octanol–water partition coefficient (Wildman–Crippen LogP) is 0.438. The Hall–Kier alpha value is -0.720. The van der Waals surface area contributed by atoms with E-state index in [1.54, 1.807) is 24.3 Å². The highest BCUT2D eigenvalue weighted by Crippen LogP contribution is 2.03. The van der Waals surface area contributed by atoms with Gasteiger partial charge in [-0.3, -0.25) is 4.21 Å². The first-order valence-electron chi connectivity index (χ1n) is 3.89. The lowest BCUT2D eigenvalue weighted by Crippen LogP contribution is -2.13. The first-order chi connectivity index (χ1) is 6.52. The van der Waals surface area contributed by atoms with E-state index in [4.69, 9.17) is 0 Å². The van der Waals surface area contributed by atoms with Crippen molar-refractivity contribution in [2.24, 2.45) is 0 Å². The van der Waals surface area contributed by atoms with Crippen molar-refractivity contribution < 1.29 is 17.2 Å². The number of benzene rings is 1. The Balaban J connectivity index is 2.63. The Morgan fingerprint density at radius 1 is 1.21 bits per heavy atom. The quantitative estimate of drug-likeness (QED) is 0.558. The van der Waals surface area contributed by atoms with Gasteiger partial charge in [0.2, 0.25) is 8.87 Å². The lowest BCUT2D eigenvalue weighted by molar-refractivity contribution is 0.540. The smallest absolute Gasteiger partial charge is 0.217 e. The average Bonchev–Trinajstić information content (AvgIpc) is 2.16. The van der Waals surface area contributed by atoms with Crippen molar-refractivity contribution in [1.82, 2.24) is 0 Å².